The maximum Gasteiger partial charge on any atom is 0.164 e. The van der Waals surface area contributed by atoms with Crippen LogP contribution >= 0.6 is 0 Å². The predicted octanol–water partition coefficient (Wildman–Crippen LogP) is 3.00. The van der Waals surface area contributed by atoms with Gasteiger partial charge in [-0.15, -0.1) is 0 Å². The lowest BCUT2D eigenvalue weighted by Gasteiger charge is -2.09. The minimum absolute atomic E-state index is 0.299. The fraction of sp³-hybridized carbons (Fsp3) is 0.333. The van der Waals surface area contributed by atoms with Crippen molar-refractivity contribution in [1.82, 2.24) is 15.3 Å². The first kappa shape index (κ1) is 12.1. The second kappa shape index (κ2) is 5.36. The maximum absolute atomic E-state index is 5.73. The van der Waals surface area contributed by atoms with Gasteiger partial charge in [-0.05, 0) is 44.0 Å². The van der Waals surface area contributed by atoms with Gasteiger partial charge in [-0.25, -0.2) is 9.97 Å². The van der Waals surface area contributed by atoms with Gasteiger partial charge in [0.05, 0.1) is 18.4 Å². The summed E-state index contributed by atoms with van der Waals surface area (Å²) >= 11 is 0. The topological polar surface area (TPSA) is 47.0 Å². The summed E-state index contributed by atoms with van der Waals surface area (Å²) in [7, 11) is 0. The van der Waals surface area contributed by atoms with Crippen LogP contribution in [0.1, 0.15) is 30.3 Å². The Morgan fingerprint density at radius 3 is 2.74 bits per heavy atom. The lowest BCUT2D eigenvalue weighted by Crippen LogP contribution is -2.15. The Bertz CT molecular complexity index is 548. The second-order valence-corrected chi connectivity index (χ2v) is 4.84. The molecular weight excluding hydrogens is 238 g/mol. The van der Waals surface area contributed by atoms with Crippen LogP contribution in [0.2, 0.25) is 0 Å². The molecule has 1 atom stereocenters. The van der Waals surface area contributed by atoms with Crippen LogP contribution < -0.4 is 10.1 Å². The lowest BCUT2D eigenvalue weighted by atomic mass is 10.2. The molecule has 0 amide bonds. The summed E-state index contributed by atoms with van der Waals surface area (Å²) in [4.78, 5) is 8.76. The zero-order valence-electron chi connectivity index (χ0n) is 11.0. The molecule has 1 saturated heterocycles. The molecule has 1 aliphatic rings. The molecule has 1 N–H and O–H groups in total. The number of aryl methyl sites for hydroxylation is 1. The summed E-state index contributed by atoms with van der Waals surface area (Å²) in [6.07, 6.45) is 5.78. The van der Waals surface area contributed by atoms with Gasteiger partial charge in [0.15, 0.2) is 5.75 Å². The average Bonchev–Trinajstić information content (AvgIpc) is 2.94. The third-order valence-corrected chi connectivity index (χ3v) is 3.25. The van der Waals surface area contributed by atoms with Gasteiger partial charge in [0, 0.05) is 0 Å². The first-order chi connectivity index (χ1) is 9.31. The lowest BCUT2D eigenvalue weighted by molar-refractivity contribution is 0.473. The number of rotatable bonds is 3. The number of hydrogen-bond acceptors (Lipinski definition) is 4. The highest BCUT2D eigenvalue weighted by Gasteiger charge is 2.18. The molecule has 1 aromatic heterocycles. The van der Waals surface area contributed by atoms with Crippen molar-refractivity contribution < 1.29 is 4.74 Å². The molecular formula is C15H17N3O. The van der Waals surface area contributed by atoms with Crippen LogP contribution in [0.25, 0.3) is 0 Å². The van der Waals surface area contributed by atoms with Gasteiger partial charge in [0.2, 0.25) is 0 Å². The van der Waals surface area contributed by atoms with E-state index in [-0.39, 0.29) is 0 Å². The minimum Gasteiger partial charge on any atom is -0.454 e. The van der Waals surface area contributed by atoms with E-state index in [9.17, 15) is 0 Å². The molecule has 0 radical (unpaired) electrons. The maximum atomic E-state index is 5.73. The number of nitrogens with one attached hydrogen (secondary N) is 1. The van der Waals surface area contributed by atoms with E-state index in [1.54, 1.807) is 12.4 Å². The average molecular weight is 255 g/mol. The first-order valence-corrected chi connectivity index (χ1v) is 6.61. The minimum atomic E-state index is 0.299. The van der Waals surface area contributed by atoms with E-state index in [1.165, 1.54) is 12.0 Å². The molecule has 1 aliphatic heterocycles. The molecule has 1 fully saturated rings. The standard InChI is InChI=1S/C15H17N3O/c1-11-4-2-5-12(8-11)19-13-9-17-15(18-10-13)14-6-3-7-16-14/h2,4-5,8-10,14,16H,3,6-7H2,1H3. The smallest absolute Gasteiger partial charge is 0.164 e. The van der Waals surface area contributed by atoms with Crippen molar-refractivity contribution in [3.63, 3.8) is 0 Å². The number of ether oxygens (including phenoxy) is 1. The predicted molar refractivity (Wildman–Crippen MR) is 73.3 cm³/mol. The van der Waals surface area contributed by atoms with Crippen molar-refractivity contribution in [2.45, 2.75) is 25.8 Å². The molecule has 4 heteroatoms. The highest BCUT2D eigenvalue weighted by atomic mass is 16.5. The molecule has 1 aromatic carbocycles. The third-order valence-electron chi connectivity index (χ3n) is 3.25. The molecule has 4 nitrogen and oxygen atoms in total. The van der Waals surface area contributed by atoms with Crippen molar-refractivity contribution in [2.24, 2.45) is 0 Å². The Kier molecular flexibility index (Phi) is 3.42. The zero-order chi connectivity index (χ0) is 13.1. The molecule has 98 valence electrons. The van der Waals surface area contributed by atoms with Crippen LogP contribution in [-0.2, 0) is 0 Å². The molecule has 0 spiro atoms. The highest BCUT2D eigenvalue weighted by molar-refractivity contribution is 5.31. The van der Waals surface area contributed by atoms with Crippen LogP contribution in [-0.4, -0.2) is 16.5 Å². The van der Waals surface area contributed by atoms with Crippen molar-refractivity contribution in [2.75, 3.05) is 6.54 Å². The van der Waals surface area contributed by atoms with Gasteiger partial charge < -0.3 is 10.1 Å². The van der Waals surface area contributed by atoms with Gasteiger partial charge in [-0.2, -0.15) is 0 Å². The van der Waals surface area contributed by atoms with Gasteiger partial charge in [0.1, 0.15) is 11.6 Å². The van der Waals surface area contributed by atoms with Crippen molar-refractivity contribution in [1.29, 1.82) is 0 Å². The van der Waals surface area contributed by atoms with Crippen LogP contribution in [0.3, 0.4) is 0 Å². The van der Waals surface area contributed by atoms with E-state index in [1.807, 2.05) is 31.2 Å². The SMILES string of the molecule is Cc1cccc(Oc2cnc(C3CCCN3)nc2)c1. The van der Waals surface area contributed by atoms with E-state index in [0.29, 0.717) is 11.8 Å². The van der Waals surface area contributed by atoms with Crippen LogP contribution in [0.4, 0.5) is 0 Å². The summed E-state index contributed by atoms with van der Waals surface area (Å²) in [5.74, 6) is 2.34. The van der Waals surface area contributed by atoms with E-state index >= 15 is 0 Å². The van der Waals surface area contributed by atoms with E-state index < -0.39 is 0 Å². The van der Waals surface area contributed by atoms with Crippen LogP contribution in [0, 0.1) is 6.92 Å². The van der Waals surface area contributed by atoms with Gasteiger partial charge in [-0.1, -0.05) is 12.1 Å². The first-order valence-electron chi connectivity index (χ1n) is 6.61. The summed E-state index contributed by atoms with van der Waals surface area (Å²) in [6, 6.07) is 8.24. The highest BCUT2D eigenvalue weighted by Crippen LogP contribution is 2.23. The second-order valence-electron chi connectivity index (χ2n) is 4.84. The van der Waals surface area contributed by atoms with E-state index in [0.717, 1.165) is 24.5 Å². The van der Waals surface area contributed by atoms with Crippen molar-refractivity contribution >= 4 is 0 Å². The summed E-state index contributed by atoms with van der Waals surface area (Å²) in [5, 5.41) is 3.38. The fourth-order valence-electron chi connectivity index (χ4n) is 2.28. The molecule has 0 bridgehead atoms. The van der Waals surface area contributed by atoms with Gasteiger partial charge in [0.25, 0.3) is 0 Å². The van der Waals surface area contributed by atoms with Crippen molar-refractivity contribution in [3.05, 3.63) is 48.0 Å². The van der Waals surface area contributed by atoms with Crippen LogP contribution in [0.15, 0.2) is 36.7 Å². The van der Waals surface area contributed by atoms with Gasteiger partial charge >= 0.3 is 0 Å². The fourth-order valence-corrected chi connectivity index (χ4v) is 2.28. The molecule has 0 aliphatic carbocycles. The van der Waals surface area contributed by atoms with E-state index in [2.05, 4.69) is 15.3 Å². The number of nitrogens with zero attached hydrogens (tertiary/aromatic N) is 2. The quantitative estimate of drug-likeness (QED) is 0.915. The Morgan fingerprint density at radius 1 is 1.21 bits per heavy atom. The third kappa shape index (κ3) is 2.90. The summed E-state index contributed by atoms with van der Waals surface area (Å²) in [5.41, 5.74) is 1.17. The van der Waals surface area contributed by atoms with Crippen LogP contribution in [0.5, 0.6) is 11.5 Å². The number of hydrogen-bond donors (Lipinski definition) is 1. The molecule has 0 saturated carbocycles. The van der Waals surface area contributed by atoms with E-state index in [4.69, 9.17) is 4.74 Å². The summed E-state index contributed by atoms with van der Waals surface area (Å²) in [6.45, 7) is 3.09. The normalized spacial score (nSPS) is 18.5. The number of benzene rings is 1. The molecule has 2 heterocycles. The Hall–Kier alpha value is -1.94. The largest absolute Gasteiger partial charge is 0.454 e. The zero-order valence-corrected chi connectivity index (χ0v) is 11.0. The molecule has 1 unspecified atom stereocenters. The number of aromatic nitrogens is 2. The summed E-state index contributed by atoms with van der Waals surface area (Å²) < 4.78 is 5.73. The van der Waals surface area contributed by atoms with Crippen molar-refractivity contribution in [3.8, 4) is 11.5 Å². The molecule has 2 aromatic rings. The Balaban J connectivity index is 1.72. The van der Waals surface area contributed by atoms with Gasteiger partial charge in [-0.3, -0.25) is 0 Å². The monoisotopic (exact) mass is 255 g/mol. The molecule has 19 heavy (non-hydrogen) atoms. The molecule has 3 rings (SSSR count). The Morgan fingerprint density at radius 2 is 2.05 bits per heavy atom. The Labute approximate surface area is 112 Å².